The number of Topliss-reactive ketones (excluding diaryl/α,β-unsaturated/α-hetero) is 1. The Hall–Kier alpha value is -1.49. The van der Waals surface area contributed by atoms with Gasteiger partial charge >= 0.3 is 0 Å². The molecule has 27 heavy (non-hydrogen) atoms. The van der Waals surface area contributed by atoms with Gasteiger partial charge in [0.1, 0.15) is 17.4 Å². The third kappa shape index (κ3) is 3.75. The van der Waals surface area contributed by atoms with E-state index in [4.69, 9.17) is 4.98 Å². The fourth-order valence-corrected chi connectivity index (χ4v) is 5.43. The van der Waals surface area contributed by atoms with E-state index in [1.165, 1.54) is 12.8 Å². The zero-order chi connectivity index (χ0) is 19.0. The maximum atomic E-state index is 12.3. The molecule has 1 aromatic rings. The second-order valence-electron chi connectivity index (χ2n) is 9.02. The van der Waals surface area contributed by atoms with Gasteiger partial charge < -0.3 is 4.90 Å². The Balaban J connectivity index is 1.44. The minimum absolute atomic E-state index is 0.156. The van der Waals surface area contributed by atoms with Crippen LogP contribution in [0.1, 0.15) is 71.0 Å². The first-order valence-electron chi connectivity index (χ1n) is 10.9. The molecule has 4 rings (SSSR count). The molecule has 2 aliphatic heterocycles. The number of ketones is 1. The van der Waals surface area contributed by atoms with Gasteiger partial charge in [-0.15, -0.1) is 0 Å². The summed E-state index contributed by atoms with van der Waals surface area (Å²) in [7, 11) is 0. The van der Waals surface area contributed by atoms with Crippen molar-refractivity contribution in [1.29, 1.82) is 0 Å². The first-order chi connectivity index (χ1) is 13.1. The third-order valence-electron chi connectivity index (χ3n) is 6.99. The van der Waals surface area contributed by atoms with E-state index in [-0.39, 0.29) is 11.8 Å². The average Bonchev–Trinajstić information content (AvgIpc) is 2.97. The highest BCUT2D eigenvalue weighted by Crippen LogP contribution is 2.38. The second-order valence-corrected chi connectivity index (χ2v) is 9.02. The molecule has 0 radical (unpaired) electrons. The Morgan fingerprint density at radius 2 is 1.78 bits per heavy atom. The Morgan fingerprint density at radius 3 is 2.37 bits per heavy atom. The van der Waals surface area contributed by atoms with Crippen LogP contribution in [-0.4, -0.2) is 52.4 Å². The molecule has 0 spiro atoms. The van der Waals surface area contributed by atoms with Crippen molar-refractivity contribution in [3.63, 3.8) is 0 Å². The molecule has 1 saturated carbocycles. The second kappa shape index (κ2) is 7.86. The first-order valence-corrected chi connectivity index (χ1v) is 10.9. The van der Waals surface area contributed by atoms with Crippen LogP contribution in [0.3, 0.4) is 0 Å². The number of hydrogen-bond acceptors (Lipinski definition) is 5. The number of carbonyl (C=O) groups excluding carboxylic acids is 1. The maximum Gasteiger partial charge on any atom is 0.138 e. The molecule has 3 fully saturated rings. The molecule has 0 amide bonds. The molecule has 1 aliphatic carbocycles. The van der Waals surface area contributed by atoms with Gasteiger partial charge in [0.15, 0.2) is 0 Å². The number of likely N-dealkylation sites (tertiary alicyclic amines) is 1. The van der Waals surface area contributed by atoms with Crippen molar-refractivity contribution in [1.82, 2.24) is 14.9 Å². The Morgan fingerprint density at radius 1 is 1.11 bits per heavy atom. The molecule has 2 bridgehead atoms. The number of anilines is 1. The predicted octanol–water partition coefficient (Wildman–Crippen LogP) is 3.65. The highest BCUT2D eigenvalue weighted by Gasteiger charge is 2.40. The number of piperazine rings is 1. The summed E-state index contributed by atoms with van der Waals surface area (Å²) in [5.41, 5.74) is 0. The molecule has 0 N–H and O–H groups in total. The lowest BCUT2D eigenvalue weighted by Crippen LogP contribution is -2.54. The smallest absolute Gasteiger partial charge is 0.138 e. The van der Waals surface area contributed by atoms with Crippen LogP contribution in [0.15, 0.2) is 12.3 Å². The van der Waals surface area contributed by atoms with Crippen LogP contribution in [-0.2, 0) is 4.79 Å². The molecule has 2 atom stereocenters. The molecule has 148 valence electrons. The molecule has 2 saturated heterocycles. The number of likely N-dealkylation sites (N-methyl/N-ethyl adjacent to an activating group) is 1. The lowest BCUT2D eigenvalue weighted by atomic mass is 9.77. The first kappa shape index (κ1) is 18.9. The molecule has 3 heterocycles. The summed E-state index contributed by atoms with van der Waals surface area (Å²) in [6, 6.07) is 3.31. The molecule has 1 aromatic heterocycles. The quantitative estimate of drug-likeness (QED) is 0.792. The number of carbonyl (C=O) groups is 1. The summed E-state index contributed by atoms with van der Waals surface area (Å²) in [6.45, 7) is 9.77. The molecule has 5 heteroatoms. The topological polar surface area (TPSA) is 49.3 Å². The predicted molar refractivity (Wildman–Crippen MR) is 108 cm³/mol. The normalized spacial score (nSPS) is 31.5. The third-order valence-corrected chi connectivity index (χ3v) is 6.99. The van der Waals surface area contributed by atoms with Crippen molar-refractivity contribution in [3.05, 3.63) is 18.1 Å². The number of nitrogens with zero attached hydrogens (tertiary/aromatic N) is 4. The Kier molecular flexibility index (Phi) is 5.49. The maximum absolute atomic E-state index is 12.3. The molecular weight excluding hydrogens is 336 g/mol. The SMILES string of the molecule is CCN1CC2CCC(C1)N2c1ccnc([C@H]2CC[C@H](C(=O)C(C)C)CC2)n1. The summed E-state index contributed by atoms with van der Waals surface area (Å²) < 4.78 is 0. The van der Waals surface area contributed by atoms with Gasteiger partial charge in [-0.05, 0) is 51.1 Å². The summed E-state index contributed by atoms with van der Waals surface area (Å²) in [6.07, 6.45) is 8.60. The molecule has 5 nitrogen and oxygen atoms in total. The van der Waals surface area contributed by atoms with E-state index in [1.807, 2.05) is 20.0 Å². The van der Waals surface area contributed by atoms with Crippen LogP contribution in [0.4, 0.5) is 5.82 Å². The molecule has 3 aliphatic rings. The van der Waals surface area contributed by atoms with E-state index in [9.17, 15) is 4.79 Å². The van der Waals surface area contributed by atoms with E-state index in [1.54, 1.807) is 0 Å². The summed E-state index contributed by atoms with van der Waals surface area (Å²) >= 11 is 0. The number of aromatic nitrogens is 2. The lowest BCUT2D eigenvalue weighted by Gasteiger charge is -2.41. The fraction of sp³-hybridized carbons (Fsp3) is 0.773. The summed E-state index contributed by atoms with van der Waals surface area (Å²) in [5, 5.41) is 0. The fourth-order valence-electron chi connectivity index (χ4n) is 5.43. The van der Waals surface area contributed by atoms with Crippen molar-refractivity contribution in [2.24, 2.45) is 11.8 Å². The number of fused-ring (bicyclic) bond motifs is 2. The van der Waals surface area contributed by atoms with E-state index < -0.39 is 0 Å². The molecular formula is C22H34N4O. The Labute approximate surface area is 163 Å². The van der Waals surface area contributed by atoms with Crippen LogP contribution in [0.5, 0.6) is 0 Å². The van der Waals surface area contributed by atoms with E-state index >= 15 is 0 Å². The van der Waals surface area contributed by atoms with E-state index in [0.717, 1.165) is 57.0 Å². The standard InChI is InChI=1S/C22H34N4O/c1-4-25-13-18-9-10-19(14-25)26(18)20-11-12-23-22(24-20)17-7-5-16(6-8-17)21(27)15(2)3/h11-12,15-19H,4-10,13-14H2,1-3H3/t16-,17-,18?,19?. The van der Waals surface area contributed by atoms with Crippen LogP contribution in [0.25, 0.3) is 0 Å². The van der Waals surface area contributed by atoms with Gasteiger partial charge in [0.05, 0.1) is 0 Å². The average molecular weight is 371 g/mol. The summed E-state index contributed by atoms with van der Waals surface area (Å²) in [4.78, 5) is 27.1. The zero-order valence-electron chi connectivity index (χ0n) is 17.1. The van der Waals surface area contributed by atoms with Crippen molar-refractivity contribution >= 4 is 11.6 Å². The zero-order valence-corrected chi connectivity index (χ0v) is 17.1. The number of rotatable bonds is 5. The van der Waals surface area contributed by atoms with E-state index in [2.05, 4.69) is 27.8 Å². The van der Waals surface area contributed by atoms with Gasteiger partial charge in [-0.2, -0.15) is 0 Å². The van der Waals surface area contributed by atoms with Crippen molar-refractivity contribution in [2.45, 2.75) is 77.3 Å². The minimum Gasteiger partial charge on any atom is -0.348 e. The van der Waals surface area contributed by atoms with Crippen LogP contribution >= 0.6 is 0 Å². The molecule has 2 unspecified atom stereocenters. The summed E-state index contributed by atoms with van der Waals surface area (Å²) in [5.74, 6) is 3.39. The van der Waals surface area contributed by atoms with Gasteiger partial charge in [0, 0.05) is 49.1 Å². The molecule has 0 aromatic carbocycles. The monoisotopic (exact) mass is 370 g/mol. The van der Waals surface area contributed by atoms with Crippen LogP contribution < -0.4 is 4.90 Å². The lowest BCUT2D eigenvalue weighted by molar-refractivity contribution is -0.126. The van der Waals surface area contributed by atoms with Gasteiger partial charge in [0.25, 0.3) is 0 Å². The largest absolute Gasteiger partial charge is 0.348 e. The van der Waals surface area contributed by atoms with E-state index in [0.29, 0.717) is 23.8 Å². The van der Waals surface area contributed by atoms with Gasteiger partial charge in [0.2, 0.25) is 0 Å². The van der Waals surface area contributed by atoms with Gasteiger partial charge in [-0.1, -0.05) is 20.8 Å². The van der Waals surface area contributed by atoms with Gasteiger partial charge in [-0.3, -0.25) is 9.69 Å². The van der Waals surface area contributed by atoms with Crippen LogP contribution in [0.2, 0.25) is 0 Å². The highest BCUT2D eigenvalue weighted by atomic mass is 16.1. The highest BCUT2D eigenvalue weighted by molar-refractivity contribution is 5.82. The number of hydrogen-bond donors (Lipinski definition) is 0. The van der Waals surface area contributed by atoms with Crippen LogP contribution in [0, 0.1) is 11.8 Å². The minimum atomic E-state index is 0.156. The van der Waals surface area contributed by atoms with Crippen molar-refractivity contribution in [2.75, 3.05) is 24.5 Å². The van der Waals surface area contributed by atoms with Crippen molar-refractivity contribution < 1.29 is 4.79 Å². The Bertz CT molecular complexity index is 654. The van der Waals surface area contributed by atoms with Crippen molar-refractivity contribution in [3.8, 4) is 0 Å². The van der Waals surface area contributed by atoms with Gasteiger partial charge in [-0.25, -0.2) is 9.97 Å².